The number of hydrogen-bond acceptors (Lipinski definition) is 4. The first-order valence-electron chi connectivity index (χ1n) is 14.9. The minimum atomic E-state index is -0.460. The zero-order valence-electron chi connectivity index (χ0n) is 23.8. The second kappa shape index (κ2) is 10.2. The molecule has 1 aliphatic heterocycles. The van der Waals surface area contributed by atoms with Crippen molar-refractivity contribution >= 4 is 16.8 Å². The average molecular weight is 554 g/mol. The van der Waals surface area contributed by atoms with Gasteiger partial charge in [-0.2, -0.15) is 0 Å². The number of hydrogen-bond donors (Lipinski definition) is 1. The lowest BCUT2D eigenvalue weighted by atomic mass is 9.98. The second-order valence-electron chi connectivity index (χ2n) is 12.3. The van der Waals surface area contributed by atoms with E-state index in [1.54, 1.807) is 24.7 Å². The van der Waals surface area contributed by atoms with Gasteiger partial charge in [0.05, 0.1) is 5.56 Å². The number of aromatic amines is 1. The number of fused-ring (bicyclic) bond motifs is 1. The predicted octanol–water partition coefficient (Wildman–Crippen LogP) is 5.96. The molecule has 0 unspecified atom stereocenters. The largest absolute Gasteiger partial charge is 0.353 e. The summed E-state index contributed by atoms with van der Waals surface area (Å²) >= 11 is 0. The standard InChI is InChI=1S/C33H36FN5O2/c1-37(2)32(40)27-16-23(34)10-11-25(27)22-14-29(21-8-9-21)36-30(15-22)39-19-28(20-6-7-20)26-17-24(35-31(26)33(39)41)18-38-12-4-3-5-13-38/h10-11,14-17,19-21,35H,3-9,12-13,18H2,1-2H3. The number of piperidine rings is 1. The fraction of sp³-hybridized carbons (Fsp3) is 0.424. The number of carbonyl (C=O) groups is 1. The Hall–Kier alpha value is -3.78. The van der Waals surface area contributed by atoms with Gasteiger partial charge in [-0.3, -0.25) is 19.1 Å². The van der Waals surface area contributed by atoms with Crippen molar-refractivity contribution in [2.45, 2.75) is 63.3 Å². The molecule has 0 spiro atoms. The van der Waals surface area contributed by atoms with Crippen LogP contribution in [-0.2, 0) is 6.54 Å². The Balaban J connectivity index is 1.37. The maximum Gasteiger partial charge on any atom is 0.280 e. The van der Waals surface area contributed by atoms with Crippen LogP contribution in [0.5, 0.6) is 0 Å². The van der Waals surface area contributed by atoms with E-state index in [-0.39, 0.29) is 11.5 Å². The van der Waals surface area contributed by atoms with Gasteiger partial charge in [-0.1, -0.05) is 12.5 Å². The third-order valence-electron chi connectivity index (χ3n) is 8.75. The second-order valence-corrected chi connectivity index (χ2v) is 12.3. The molecule has 2 saturated carbocycles. The van der Waals surface area contributed by atoms with Crippen molar-refractivity contribution in [1.29, 1.82) is 0 Å². The Morgan fingerprint density at radius 3 is 2.49 bits per heavy atom. The van der Waals surface area contributed by atoms with Crippen LogP contribution in [0.1, 0.15) is 84.1 Å². The number of aromatic nitrogens is 3. The van der Waals surface area contributed by atoms with Gasteiger partial charge in [-0.15, -0.1) is 0 Å². The highest BCUT2D eigenvalue weighted by Crippen LogP contribution is 2.44. The lowest BCUT2D eigenvalue weighted by Crippen LogP contribution is -2.29. The third-order valence-corrected chi connectivity index (χ3v) is 8.75. The Morgan fingerprint density at radius 1 is 1.02 bits per heavy atom. The molecule has 7 nitrogen and oxygen atoms in total. The van der Waals surface area contributed by atoms with Crippen LogP contribution in [0.3, 0.4) is 0 Å². The van der Waals surface area contributed by atoms with Crippen LogP contribution in [0.25, 0.3) is 27.8 Å². The molecule has 1 N–H and O–H groups in total. The average Bonchev–Trinajstić information content (AvgIpc) is 3.90. The van der Waals surface area contributed by atoms with Gasteiger partial charge in [0, 0.05) is 49.5 Å². The summed E-state index contributed by atoms with van der Waals surface area (Å²) in [4.78, 5) is 39.5. The van der Waals surface area contributed by atoms with Crippen LogP contribution in [0.4, 0.5) is 4.39 Å². The van der Waals surface area contributed by atoms with E-state index in [9.17, 15) is 14.0 Å². The van der Waals surface area contributed by atoms with Crippen LogP contribution in [-0.4, -0.2) is 57.4 Å². The molecule has 1 aromatic carbocycles. The highest BCUT2D eigenvalue weighted by molar-refractivity contribution is 6.00. The molecule has 212 valence electrons. The first-order chi connectivity index (χ1) is 19.9. The fourth-order valence-corrected chi connectivity index (χ4v) is 6.22. The van der Waals surface area contributed by atoms with Crippen molar-refractivity contribution < 1.29 is 9.18 Å². The van der Waals surface area contributed by atoms with Gasteiger partial charge in [-0.25, -0.2) is 9.37 Å². The van der Waals surface area contributed by atoms with E-state index in [4.69, 9.17) is 4.98 Å². The highest BCUT2D eigenvalue weighted by Gasteiger charge is 2.30. The van der Waals surface area contributed by atoms with E-state index in [1.165, 1.54) is 41.9 Å². The molecule has 1 saturated heterocycles. The summed E-state index contributed by atoms with van der Waals surface area (Å²) in [5.41, 5.74) is 5.37. The number of H-pyrrole nitrogens is 1. The molecule has 2 aliphatic carbocycles. The lowest BCUT2D eigenvalue weighted by molar-refractivity contribution is 0.0828. The topological polar surface area (TPSA) is 74.2 Å². The van der Waals surface area contributed by atoms with Gasteiger partial charge in [0.15, 0.2) is 0 Å². The maximum atomic E-state index is 14.3. The molecule has 0 atom stereocenters. The summed E-state index contributed by atoms with van der Waals surface area (Å²) < 4.78 is 16.0. The van der Waals surface area contributed by atoms with Crippen molar-refractivity contribution in [3.63, 3.8) is 0 Å². The van der Waals surface area contributed by atoms with Crippen molar-refractivity contribution in [3.8, 4) is 16.9 Å². The highest BCUT2D eigenvalue weighted by atomic mass is 19.1. The number of rotatable bonds is 7. The molecule has 0 radical (unpaired) electrons. The molecule has 4 aromatic rings. The number of nitrogens with one attached hydrogen (secondary N) is 1. The van der Waals surface area contributed by atoms with Crippen LogP contribution < -0.4 is 5.56 Å². The molecular weight excluding hydrogens is 517 g/mol. The van der Waals surface area contributed by atoms with Gasteiger partial charge in [0.1, 0.15) is 17.2 Å². The Bertz CT molecular complexity index is 1710. The molecule has 4 heterocycles. The summed E-state index contributed by atoms with van der Waals surface area (Å²) in [5.74, 6) is 0.575. The number of nitrogens with zero attached hydrogens (tertiary/aromatic N) is 4. The molecule has 41 heavy (non-hydrogen) atoms. The molecule has 3 aliphatic rings. The van der Waals surface area contributed by atoms with E-state index >= 15 is 0 Å². The Morgan fingerprint density at radius 2 is 1.78 bits per heavy atom. The van der Waals surface area contributed by atoms with Gasteiger partial charge in [-0.05, 0) is 105 Å². The SMILES string of the molecule is CN(C)C(=O)c1cc(F)ccc1-c1cc(C2CC2)nc(-n2cc(C3CC3)c3cc(CN4CCCCC4)[nH]c3c2=O)c1. The number of pyridine rings is 2. The Labute approximate surface area is 239 Å². The minimum absolute atomic E-state index is 0.121. The minimum Gasteiger partial charge on any atom is -0.353 e. The predicted molar refractivity (Wildman–Crippen MR) is 158 cm³/mol. The molecule has 3 fully saturated rings. The van der Waals surface area contributed by atoms with Gasteiger partial charge in [0.2, 0.25) is 0 Å². The number of amides is 1. The monoisotopic (exact) mass is 553 g/mol. The fourth-order valence-electron chi connectivity index (χ4n) is 6.22. The first-order valence-corrected chi connectivity index (χ1v) is 14.9. The molecule has 8 heteroatoms. The summed E-state index contributed by atoms with van der Waals surface area (Å²) in [6, 6.07) is 10.4. The first kappa shape index (κ1) is 26.1. The number of carbonyl (C=O) groups excluding carboxylic acids is 1. The van der Waals surface area contributed by atoms with E-state index in [0.717, 1.165) is 67.7 Å². The number of halogens is 1. The quantitative estimate of drug-likeness (QED) is 0.306. The van der Waals surface area contributed by atoms with Crippen molar-refractivity contribution in [1.82, 2.24) is 24.3 Å². The van der Waals surface area contributed by atoms with Gasteiger partial charge >= 0.3 is 0 Å². The summed E-state index contributed by atoms with van der Waals surface area (Å²) in [6.45, 7) is 3.01. The summed E-state index contributed by atoms with van der Waals surface area (Å²) in [5, 5.41) is 1.02. The maximum absolute atomic E-state index is 14.3. The summed E-state index contributed by atoms with van der Waals surface area (Å²) in [6.07, 6.45) is 10.0. The zero-order valence-corrected chi connectivity index (χ0v) is 23.8. The van der Waals surface area contributed by atoms with Crippen LogP contribution >= 0.6 is 0 Å². The van der Waals surface area contributed by atoms with Crippen molar-refractivity contribution in [2.24, 2.45) is 0 Å². The van der Waals surface area contributed by atoms with Crippen LogP contribution in [0.15, 0.2) is 47.4 Å². The lowest BCUT2D eigenvalue weighted by Gasteiger charge is -2.25. The van der Waals surface area contributed by atoms with E-state index in [2.05, 4.69) is 16.0 Å². The Kier molecular flexibility index (Phi) is 6.53. The van der Waals surface area contributed by atoms with E-state index in [1.807, 2.05) is 18.3 Å². The normalized spacial score (nSPS) is 17.7. The zero-order chi connectivity index (χ0) is 28.2. The molecule has 1 amide bonds. The van der Waals surface area contributed by atoms with Crippen molar-refractivity contribution in [3.05, 3.63) is 81.3 Å². The van der Waals surface area contributed by atoms with Crippen LogP contribution in [0, 0.1) is 5.82 Å². The van der Waals surface area contributed by atoms with Gasteiger partial charge in [0.25, 0.3) is 11.5 Å². The van der Waals surface area contributed by atoms with Crippen molar-refractivity contribution in [2.75, 3.05) is 27.2 Å². The molecular formula is C33H36FN5O2. The smallest absolute Gasteiger partial charge is 0.280 e. The molecule has 0 bridgehead atoms. The third kappa shape index (κ3) is 5.10. The van der Waals surface area contributed by atoms with E-state index < -0.39 is 5.82 Å². The molecule has 3 aromatic heterocycles. The number of benzene rings is 1. The summed E-state index contributed by atoms with van der Waals surface area (Å²) in [7, 11) is 3.32. The van der Waals surface area contributed by atoms with Gasteiger partial charge < -0.3 is 9.88 Å². The molecule has 7 rings (SSSR count). The number of likely N-dealkylation sites (tertiary alicyclic amines) is 1. The van der Waals surface area contributed by atoms with E-state index in [0.29, 0.717) is 34.3 Å². The van der Waals surface area contributed by atoms with Crippen LogP contribution in [0.2, 0.25) is 0 Å².